The average molecular weight is 382 g/mol. The summed E-state index contributed by atoms with van der Waals surface area (Å²) < 4.78 is 5.38. The van der Waals surface area contributed by atoms with Crippen molar-refractivity contribution in [2.45, 2.75) is 26.4 Å². The SMILES string of the molecule is CCOCc1ccc(NC(=O)NCC2CCN(CCc3ccccc3)C2)cc1. The predicted molar refractivity (Wildman–Crippen MR) is 113 cm³/mol. The number of ether oxygens (including phenoxy) is 1. The summed E-state index contributed by atoms with van der Waals surface area (Å²) in [5.41, 5.74) is 3.29. The van der Waals surface area contributed by atoms with Crippen molar-refractivity contribution < 1.29 is 9.53 Å². The second-order valence-corrected chi connectivity index (χ2v) is 7.36. The third kappa shape index (κ3) is 6.66. The standard InChI is InChI=1S/C23H31N3O2/c1-2-28-18-20-8-10-22(11-9-20)25-23(27)24-16-21-13-15-26(17-21)14-12-19-6-4-3-5-7-19/h3-11,21H,2,12-18H2,1H3,(H2,24,25,27). The minimum absolute atomic E-state index is 0.139. The molecule has 2 aromatic carbocycles. The molecule has 3 rings (SSSR count). The number of carbonyl (C=O) groups excluding carboxylic acids is 1. The fourth-order valence-corrected chi connectivity index (χ4v) is 3.53. The molecule has 1 unspecified atom stereocenters. The third-order valence-corrected chi connectivity index (χ3v) is 5.17. The smallest absolute Gasteiger partial charge is 0.319 e. The molecule has 0 bridgehead atoms. The molecule has 1 saturated heterocycles. The first-order valence-corrected chi connectivity index (χ1v) is 10.2. The number of benzene rings is 2. The maximum absolute atomic E-state index is 12.2. The van der Waals surface area contributed by atoms with Crippen LogP contribution in [-0.4, -0.2) is 43.7 Å². The zero-order valence-corrected chi connectivity index (χ0v) is 16.7. The van der Waals surface area contributed by atoms with Crippen LogP contribution in [0.4, 0.5) is 10.5 Å². The summed E-state index contributed by atoms with van der Waals surface area (Å²) in [5.74, 6) is 0.523. The molecule has 1 aliphatic heterocycles. The number of carbonyl (C=O) groups is 1. The Balaban J connectivity index is 1.33. The lowest BCUT2D eigenvalue weighted by Crippen LogP contribution is -2.34. The van der Waals surface area contributed by atoms with E-state index in [0.29, 0.717) is 19.1 Å². The Labute approximate surface area is 168 Å². The number of rotatable bonds is 9. The van der Waals surface area contributed by atoms with Crippen molar-refractivity contribution in [2.24, 2.45) is 5.92 Å². The van der Waals surface area contributed by atoms with E-state index in [2.05, 4.69) is 45.9 Å². The van der Waals surface area contributed by atoms with Crippen molar-refractivity contribution in [1.82, 2.24) is 10.2 Å². The molecule has 1 fully saturated rings. The van der Waals surface area contributed by atoms with E-state index >= 15 is 0 Å². The van der Waals surface area contributed by atoms with Gasteiger partial charge < -0.3 is 20.3 Å². The molecule has 28 heavy (non-hydrogen) atoms. The molecular weight excluding hydrogens is 350 g/mol. The fourth-order valence-electron chi connectivity index (χ4n) is 3.53. The minimum atomic E-state index is -0.139. The first-order chi connectivity index (χ1) is 13.7. The molecule has 5 nitrogen and oxygen atoms in total. The summed E-state index contributed by atoms with van der Waals surface area (Å²) in [6, 6.07) is 18.3. The van der Waals surface area contributed by atoms with Crippen molar-refractivity contribution in [3.63, 3.8) is 0 Å². The molecule has 1 atom stereocenters. The molecule has 5 heteroatoms. The van der Waals surface area contributed by atoms with Crippen LogP contribution in [0.15, 0.2) is 54.6 Å². The van der Waals surface area contributed by atoms with E-state index in [1.165, 1.54) is 5.56 Å². The van der Waals surface area contributed by atoms with E-state index in [-0.39, 0.29) is 6.03 Å². The summed E-state index contributed by atoms with van der Waals surface area (Å²) in [7, 11) is 0. The number of hydrogen-bond acceptors (Lipinski definition) is 3. The predicted octanol–water partition coefficient (Wildman–Crippen LogP) is 3.91. The summed E-state index contributed by atoms with van der Waals surface area (Å²) in [6.45, 7) is 7.25. The van der Waals surface area contributed by atoms with Gasteiger partial charge in [-0.15, -0.1) is 0 Å². The number of anilines is 1. The van der Waals surface area contributed by atoms with Gasteiger partial charge in [-0.3, -0.25) is 0 Å². The summed E-state index contributed by atoms with van der Waals surface area (Å²) in [6.07, 6.45) is 2.22. The number of urea groups is 1. The molecule has 150 valence electrons. The molecule has 0 spiro atoms. The summed E-state index contributed by atoms with van der Waals surface area (Å²) in [4.78, 5) is 14.7. The van der Waals surface area contributed by atoms with Crippen LogP contribution in [0.2, 0.25) is 0 Å². The van der Waals surface area contributed by atoms with E-state index in [1.54, 1.807) is 0 Å². The molecule has 0 aromatic heterocycles. The maximum Gasteiger partial charge on any atom is 0.319 e. The Morgan fingerprint density at radius 2 is 1.89 bits per heavy atom. The highest BCUT2D eigenvalue weighted by Crippen LogP contribution is 2.16. The lowest BCUT2D eigenvalue weighted by molar-refractivity contribution is 0.134. The third-order valence-electron chi connectivity index (χ3n) is 5.17. The van der Waals surface area contributed by atoms with Crippen LogP contribution in [0.5, 0.6) is 0 Å². The van der Waals surface area contributed by atoms with E-state index in [4.69, 9.17) is 4.74 Å². The van der Waals surface area contributed by atoms with Crippen LogP contribution in [-0.2, 0) is 17.8 Å². The van der Waals surface area contributed by atoms with E-state index in [9.17, 15) is 4.79 Å². The van der Waals surface area contributed by atoms with Crippen LogP contribution in [0.25, 0.3) is 0 Å². The average Bonchev–Trinajstić information content (AvgIpc) is 3.19. The van der Waals surface area contributed by atoms with Crippen molar-refractivity contribution in [1.29, 1.82) is 0 Å². The van der Waals surface area contributed by atoms with Crippen LogP contribution in [0.1, 0.15) is 24.5 Å². The number of likely N-dealkylation sites (tertiary alicyclic amines) is 1. The summed E-state index contributed by atoms with van der Waals surface area (Å²) in [5, 5.41) is 5.92. The lowest BCUT2D eigenvalue weighted by Gasteiger charge is -2.16. The lowest BCUT2D eigenvalue weighted by atomic mass is 10.1. The van der Waals surface area contributed by atoms with Crippen molar-refractivity contribution in [3.8, 4) is 0 Å². The molecule has 0 radical (unpaired) electrons. The molecule has 2 amide bonds. The number of nitrogens with one attached hydrogen (secondary N) is 2. The van der Waals surface area contributed by atoms with Crippen LogP contribution in [0, 0.1) is 5.92 Å². The maximum atomic E-state index is 12.2. The van der Waals surface area contributed by atoms with Crippen LogP contribution >= 0.6 is 0 Å². The molecule has 1 aliphatic rings. The molecule has 0 saturated carbocycles. The normalized spacial score (nSPS) is 16.8. The molecular formula is C23H31N3O2. The Bertz CT molecular complexity index is 718. The van der Waals surface area contributed by atoms with Gasteiger partial charge in [0.25, 0.3) is 0 Å². The van der Waals surface area contributed by atoms with Gasteiger partial charge in [-0.25, -0.2) is 4.79 Å². The van der Waals surface area contributed by atoms with E-state index < -0.39 is 0 Å². The minimum Gasteiger partial charge on any atom is -0.377 e. The van der Waals surface area contributed by atoms with Crippen molar-refractivity contribution >= 4 is 11.7 Å². The quantitative estimate of drug-likeness (QED) is 0.692. The van der Waals surface area contributed by atoms with Gasteiger partial charge in [-0.1, -0.05) is 42.5 Å². The Hall–Kier alpha value is -2.37. The highest BCUT2D eigenvalue weighted by atomic mass is 16.5. The van der Waals surface area contributed by atoms with Gasteiger partial charge in [0.05, 0.1) is 6.61 Å². The van der Waals surface area contributed by atoms with Crippen LogP contribution in [0.3, 0.4) is 0 Å². The van der Waals surface area contributed by atoms with Crippen molar-refractivity contribution in [3.05, 3.63) is 65.7 Å². The number of amides is 2. The monoisotopic (exact) mass is 381 g/mol. The second-order valence-electron chi connectivity index (χ2n) is 7.36. The van der Waals surface area contributed by atoms with Gasteiger partial charge in [0.1, 0.15) is 0 Å². The number of nitrogens with zero attached hydrogens (tertiary/aromatic N) is 1. The van der Waals surface area contributed by atoms with Crippen molar-refractivity contribution in [2.75, 3.05) is 38.1 Å². The van der Waals surface area contributed by atoms with Gasteiger partial charge in [-0.2, -0.15) is 0 Å². The summed E-state index contributed by atoms with van der Waals surface area (Å²) >= 11 is 0. The van der Waals surface area contributed by atoms with Gasteiger partial charge in [0.15, 0.2) is 0 Å². The molecule has 0 aliphatic carbocycles. The Morgan fingerprint density at radius 3 is 2.64 bits per heavy atom. The largest absolute Gasteiger partial charge is 0.377 e. The fraction of sp³-hybridized carbons (Fsp3) is 0.435. The van der Waals surface area contributed by atoms with Gasteiger partial charge in [0, 0.05) is 31.9 Å². The van der Waals surface area contributed by atoms with Crippen LogP contribution < -0.4 is 10.6 Å². The van der Waals surface area contributed by atoms with E-state index in [1.807, 2.05) is 31.2 Å². The Morgan fingerprint density at radius 1 is 1.11 bits per heavy atom. The zero-order chi connectivity index (χ0) is 19.6. The molecule has 2 N–H and O–H groups in total. The van der Waals surface area contributed by atoms with E-state index in [0.717, 1.165) is 50.3 Å². The van der Waals surface area contributed by atoms with Gasteiger partial charge in [-0.05, 0) is 55.5 Å². The van der Waals surface area contributed by atoms with Gasteiger partial charge >= 0.3 is 6.03 Å². The molecule has 2 aromatic rings. The first-order valence-electron chi connectivity index (χ1n) is 10.2. The highest BCUT2D eigenvalue weighted by molar-refractivity contribution is 5.89. The Kier molecular flexibility index (Phi) is 7.88. The zero-order valence-electron chi connectivity index (χ0n) is 16.7. The highest BCUT2D eigenvalue weighted by Gasteiger charge is 2.22. The first kappa shape index (κ1) is 20.4. The second kappa shape index (κ2) is 10.8. The molecule has 1 heterocycles. The van der Waals surface area contributed by atoms with Gasteiger partial charge in [0.2, 0.25) is 0 Å². The topological polar surface area (TPSA) is 53.6 Å². The number of hydrogen-bond donors (Lipinski definition) is 2.